The van der Waals surface area contributed by atoms with Crippen molar-refractivity contribution in [3.63, 3.8) is 0 Å². The first-order chi connectivity index (χ1) is 16.9. The second-order valence-corrected chi connectivity index (χ2v) is 11.4. The lowest BCUT2D eigenvalue weighted by atomic mass is 9.95. The molecule has 4 rings (SSSR count). The van der Waals surface area contributed by atoms with E-state index in [-0.39, 0.29) is 17.5 Å². The third-order valence-corrected chi connectivity index (χ3v) is 8.54. The van der Waals surface area contributed by atoms with Gasteiger partial charge in [0.1, 0.15) is 15.8 Å². The van der Waals surface area contributed by atoms with E-state index >= 15 is 0 Å². The van der Waals surface area contributed by atoms with Gasteiger partial charge in [-0.15, -0.1) is 0 Å². The van der Waals surface area contributed by atoms with E-state index in [4.69, 9.17) is 17.2 Å². The summed E-state index contributed by atoms with van der Waals surface area (Å²) in [5, 5.41) is 3.55. The molecule has 1 atom stereocenters. The maximum Gasteiger partial charge on any atom is 0.267 e. The van der Waals surface area contributed by atoms with Crippen LogP contribution < -0.4 is 10.9 Å². The molecule has 2 aliphatic rings. The summed E-state index contributed by atoms with van der Waals surface area (Å²) in [5.41, 5.74) is 1.84. The van der Waals surface area contributed by atoms with Gasteiger partial charge in [0.25, 0.3) is 11.5 Å². The smallest absolute Gasteiger partial charge is 0.267 e. The number of rotatable bonds is 9. The number of nitrogens with one attached hydrogen (secondary N) is 1. The molecule has 35 heavy (non-hydrogen) atoms. The second kappa shape index (κ2) is 11.7. The van der Waals surface area contributed by atoms with Crippen molar-refractivity contribution in [2.45, 2.75) is 84.6 Å². The highest BCUT2D eigenvalue weighted by Crippen LogP contribution is 2.34. The average molecular weight is 513 g/mol. The van der Waals surface area contributed by atoms with Crippen molar-refractivity contribution in [3.8, 4) is 0 Å². The first-order valence-electron chi connectivity index (χ1n) is 13.0. The zero-order chi connectivity index (χ0) is 24.9. The van der Waals surface area contributed by atoms with Crippen molar-refractivity contribution in [1.29, 1.82) is 0 Å². The minimum atomic E-state index is -0.170. The number of thiocarbonyl (C=S) groups is 1. The number of carbonyl (C=O) groups is 1. The van der Waals surface area contributed by atoms with Crippen LogP contribution in [0.5, 0.6) is 0 Å². The molecule has 1 amide bonds. The zero-order valence-corrected chi connectivity index (χ0v) is 22.6. The van der Waals surface area contributed by atoms with Crippen LogP contribution in [0.2, 0.25) is 0 Å². The molecule has 2 aromatic rings. The second-order valence-electron chi connectivity index (χ2n) is 9.75. The number of aromatic nitrogens is 2. The van der Waals surface area contributed by atoms with Gasteiger partial charge in [0.05, 0.1) is 10.5 Å². The predicted octanol–water partition coefficient (Wildman–Crippen LogP) is 6.17. The lowest BCUT2D eigenvalue weighted by Crippen LogP contribution is -2.33. The molecule has 0 spiro atoms. The molecule has 1 saturated heterocycles. The minimum Gasteiger partial charge on any atom is -0.367 e. The van der Waals surface area contributed by atoms with Gasteiger partial charge >= 0.3 is 0 Å². The van der Waals surface area contributed by atoms with Gasteiger partial charge in [0.15, 0.2) is 0 Å². The number of fused-ring (bicyclic) bond motifs is 1. The molecule has 2 aromatic heterocycles. The highest BCUT2D eigenvalue weighted by Gasteiger charge is 2.34. The van der Waals surface area contributed by atoms with Gasteiger partial charge < -0.3 is 5.32 Å². The Balaban J connectivity index is 1.70. The van der Waals surface area contributed by atoms with E-state index in [2.05, 4.69) is 19.2 Å². The summed E-state index contributed by atoms with van der Waals surface area (Å²) in [6, 6.07) is 4.09. The van der Waals surface area contributed by atoms with Crippen molar-refractivity contribution < 1.29 is 4.79 Å². The van der Waals surface area contributed by atoms with Crippen molar-refractivity contribution in [2.24, 2.45) is 5.92 Å². The molecule has 1 aliphatic heterocycles. The standard InChI is InChI=1S/C27H36N4O2S2/c1-4-6-12-19(5-2)17-31-26(33)22(35-27(31)34)16-21-23(28-20-13-8-7-9-14-20)29-24-18(3)11-10-15-30(24)25(21)32/h10-11,15-16,19-20,28H,4-9,12-14,17H2,1-3H3. The monoisotopic (exact) mass is 512 g/mol. The Morgan fingerprint density at radius 3 is 2.74 bits per heavy atom. The summed E-state index contributed by atoms with van der Waals surface area (Å²) in [6.45, 7) is 6.95. The summed E-state index contributed by atoms with van der Waals surface area (Å²) < 4.78 is 2.15. The van der Waals surface area contributed by atoms with Crippen LogP contribution >= 0.6 is 24.0 Å². The Bertz CT molecular complexity index is 1180. The molecular formula is C27H36N4O2S2. The number of nitrogens with zero attached hydrogens (tertiary/aromatic N) is 3. The Morgan fingerprint density at radius 2 is 2.03 bits per heavy atom. The molecule has 8 heteroatoms. The van der Waals surface area contributed by atoms with Crippen LogP contribution in [0.15, 0.2) is 28.0 Å². The van der Waals surface area contributed by atoms with E-state index in [0.717, 1.165) is 44.1 Å². The lowest BCUT2D eigenvalue weighted by Gasteiger charge is -2.24. The minimum absolute atomic E-state index is 0.104. The fourth-order valence-corrected chi connectivity index (χ4v) is 6.21. The lowest BCUT2D eigenvalue weighted by molar-refractivity contribution is -0.122. The molecule has 2 fully saturated rings. The van der Waals surface area contributed by atoms with Crippen LogP contribution in [-0.2, 0) is 4.79 Å². The van der Waals surface area contributed by atoms with E-state index in [1.54, 1.807) is 21.6 Å². The number of anilines is 1. The van der Waals surface area contributed by atoms with Gasteiger partial charge in [0.2, 0.25) is 0 Å². The van der Waals surface area contributed by atoms with Crippen LogP contribution in [0.3, 0.4) is 0 Å². The Morgan fingerprint density at radius 1 is 1.26 bits per heavy atom. The Labute approximate surface area is 217 Å². The van der Waals surface area contributed by atoms with Gasteiger partial charge in [-0.2, -0.15) is 0 Å². The first kappa shape index (κ1) is 25.9. The summed E-state index contributed by atoms with van der Waals surface area (Å²) in [4.78, 5) is 34.1. The van der Waals surface area contributed by atoms with Gasteiger partial charge in [-0.3, -0.25) is 18.9 Å². The number of thioether (sulfide) groups is 1. The van der Waals surface area contributed by atoms with Crippen molar-refractivity contribution >= 4 is 51.7 Å². The van der Waals surface area contributed by atoms with E-state index in [1.807, 2.05) is 19.1 Å². The number of amides is 1. The molecule has 188 valence electrons. The molecule has 1 aliphatic carbocycles. The van der Waals surface area contributed by atoms with E-state index in [0.29, 0.717) is 38.7 Å². The average Bonchev–Trinajstić information content (AvgIpc) is 3.12. The number of carbonyl (C=O) groups excluding carboxylic acids is 1. The van der Waals surface area contributed by atoms with Gasteiger partial charge in [0, 0.05) is 18.8 Å². The zero-order valence-electron chi connectivity index (χ0n) is 21.0. The molecule has 3 heterocycles. The highest BCUT2D eigenvalue weighted by atomic mass is 32.2. The van der Waals surface area contributed by atoms with Crippen molar-refractivity contribution in [2.75, 3.05) is 11.9 Å². The summed E-state index contributed by atoms with van der Waals surface area (Å²) in [5.74, 6) is 0.888. The van der Waals surface area contributed by atoms with E-state index in [9.17, 15) is 9.59 Å². The molecule has 0 bridgehead atoms. The molecule has 1 unspecified atom stereocenters. The molecule has 1 saturated carbocycles. The predicted molar refractivity (Wildman–Crippen MR) is 150 cm³/mol. The van der Waals surface area contributed by atoms with Gasteiger partial charge in [-0.25, -0.2) is 4.98 Å². The third-order valence-electron chi connectivity index (χ3n) is 7.16. The molecular weight excluding hydrogens is 476 g/mol. The quantitative estimate of drug-likeness (QED) is 0.320. The Hall–Kier alpha value is -2.19. The number of pyridine rings is 1. The number of aryl methyl sites for hydroxylation is 1. The van der Waals surface area contributed by atoms with E-state index in [1.165, 1.54) is 31.0 Å². The Kier molecular flexibility index (Phi) is 8.65. The van der Waals surface area contributed by atoms with Crippen LogP contribution in [0.25, 0.3) is 11.7 Å². The van der Waals surface area contributed by atoms with Crippen LogP contribution in [0.1, 0.15) is 82.8 Å². The highest BCUT2D eigenvalue weighted by molar-refractivity contribution is 8.26. The summed E-state index contributed by atoms with van der Waals surface area (Å²) in [7, 11) is 0. The number of hydrogen-bond acceptors (Lipinski definition) is 6. The topological polar surface area (TPSA) is 66.7 Å². The fraction of sp³-hybridized carbons (Fsp3) is 0.556. The van der Waals surface area contributed by atoms with Crippen LogP contribution in [0, 0.1) is 12.8 Å². The van der Waals surface area contributed by atoms with Gasteiger partial charge in [-0.05, 0) is 49.8 Å². The third kappa shape index (κ3) is 5.80. The summed E-state index contributed by atoms with van der Waals surface area (Å²) >= 11 is 6.88. The maximum absolute atomic E-state index is 13.6. The number of hydrogen-bond donors (Lipinski definition) is 1. The molecule has 0 aromatic carbocycles. The van der Waals surface area contributed by atoms with Gasteiger partial charge in [-0.1, -0.05) is 82.4 Å². The SMILES string of the molecule is CCCCC(CC)CN1C(=O)C(=Cc2c(NC3CCCCC3)nc3c(C)cccn3c2=O)SC1=S. The molecule has 6 nitrogen and oxygen atoms in total. The van der Waals surface area contributed by atoms with E-state index < -0.39 is 0 Å². The maximum atomic E-state index is 13.6. The molecule has 0 radical (unpaired) electrons. The summed E-state index contributed by atoms with van der Waals surface area (Å²) in [6.07, 6.45) is 13.6. The van der Waals surface area contributed by atoms with Crippen LogP contribution in [0.4, 0.5) is 5.82 Å². The fourth-order valence-electron chi connectivity index (χ4n) is 4.96. The van der Waals surface area contributed by atoms with Crippen LogP contribution in [-0.4, -0.2) is 37.1 Å². The van der Waals surface area contributed by atoms with Crippen molar-refractivity contribution in [3.05, 3.63) is 44.7 Å². The largest absolute Gasteiger partial charge is 0.367 e. The number of unbranched alkanes of at least 4 members (excludes halogenated alkanes) is 1. The molecule has 1 N–H and O–H groups in total. The normalized spacial score (nSPS) is 19.2. The van der Waals surface area contributed by atoms with Crippen molar-refractivity contribution in [1.82, 2.24) is 14.3 Å². The first-order valence-corrected chi connectivity index (χ1v) is 14.2.